The van der Waals surface area contributed by atoms with Crippen LogP contribution in [-0.4, -0.2) is 83.3 Å². The quantitative estimate of drug-likeness (QED) is 0.724. The summed E-state index contributed by atoms with van der Waals surface area (Å²) in [5.41, 5.74) is 0. The molecule has 3 rings (SSSR count). The molecule has 0 spiro atoms. The van der Waals surface area contributed by atoms with Crippen molar-refractivity contribution >= 4 is 23.6 Å². The lowest BCUT2D eigenvalue weighted by atomic mass is 10.1. The van der Waals surface area contributed by atoms with E-state index in [-0.39, 0.29) is 24.4 Å². The van der Waals surface area contributed by atoms with E-state index < -0.39 is 0 Å². The smallest absolute Gasteiger partial charge is 0.245 e. The number of piperazine rings is 1. The topological polar surface area (TPSA) is 43.9 Å². The number of amides is 2. The van der Waals surface area contributed by atoms with Crippen LogP contribution in [-0.2, 0) is 9.59 Å². The van der Waals surface area contributed by atoms with Crippen LogP contribution in [0, 0.1) is 0 Å². The molecular weight excluding hydrogens is 262 g/mol. The van der Waals surface area contributed by atoms with E-state index in [9.17, 15) is 9.59 Å². The van der Waals surface area contributed by atoms with Gasteiger partial charge in [-0.1, -0.05) is 0 Å². The Morgan fingerprint density at radius 3 is 2.68 bits per heavy atom. The van der Waals surface area contributed by atoms with Crippen LogP contribution >= 0.6 is 11.8 Å². The van der Waals surface area contributed by atoms with Gasteiger partial charge in [-0.05, 0) is 12.8 Å². The maximum atomic E-state index is 12.3. The molecule has 0 saturated carbocycles. The maximum Gasteiger partial charge on any atom is 0.245 e. The summed E-state index contributed by atoms with van der Waals surface area (Å²) in [7, 11) is 0. The molecule has 0 bridgehead atoms. The molecule has 0 aromatic heterocycles. The monoisotopic (exact) mass is 283 g/mol. The van der Waals surface area contributed by atoms with Gasteiger partial charge >= 0.3 is 0 Å². The number of carbonyl (C=O) groups excluding carboxylic acids is 2. The molecule has 0 N–H and O–H groups in total. The van der Waals surface area contributed by atoms with Crippen molar-refractivity contribution in [2.45, 2.75) is 18.9 Å². The summed E-state index contributed by atoms with van der Waals surface area (Å²) >= 11 is 1.99. The first-order valence-electron chi connectivity index (χ1n) is 7.14. The molecule has 3 aliphatic rings. The van der Waals surface area contributed by atoms with E-state index in [2.05, 4.69) is 4.90 Å². The van der Waals surface area contributed by atoms with Crippen molar-refractivity contribution < 1.29 is 9.59 Å². The SMILES string of the molecule is O=C1C2CCCN2C(=O)CN1CCN1CCSCC1. The molecule has 3 heterocycles. The highest BCUT2D eigenvalue weighted by molar-refractivity contribution is 7.99. The van der Waals surface area contributed by atoms with Crippen LogP contribution in [0.15, 0.2) is 0 Å². The first kappa shape index (κ1) is 13.2. The highest BCUT2D eigenvalue weighted by Gasteiger charge is 2.41. The van der Waals surface area contributed by atoms with Crippen LogP contribution in [0.1, 0.15) is 12.8 Å². The van der Waals surface area contributed by atoms with Crippen LogP contribution < -0.4 is 0 Å². The van der Waals surface area contributed by atoms with Crippen molar-refractivity contribution in [2.24, 2.45) is 0 Å². The molecule has 0 radical (unpaired) electrons. The minimum absolute atomic E-state index is 0.135. The van der Waals surface area contributed by atoms with Gasteiger partial charge in [0, 0.05) is 44.2 Å². The molecule has 1 unspecified atom stereocenters. The largest absolute Gasteiger partial charge is 0.330 e. The van der Waals surface area contributed by atoms with Crippen molar-refractivity contribution in [3.8, 4) is 0 Å². The number of nitrogens with zero attached hydrogens (tertiary/aromatic N) is 3. The zero-order valence-corrected chi connectivity index (χ0v) is 12.0. The Morgan fingerprint density at radius 2 is 1.89 bits per heavy atom. The van der Waals surface area contributed by atoms with Crippen LogP contribution in [0.2, 0.25) is 0 Å². The fraction of sp³-hybridized carbons (Fsp3) is 0.846. The summed E-state index contributed by atoms with van der Waals surface area (Å²) < 4.78 is 0. The van der Waals surface area contributed by atoms with Crippen LogP contribution in [0.3, 0.4) is 0 Å². The summed E-state index contributed by atoms with van der Waals surface area (Å²) in [5.74, 6) is 2.67. The second-order valence-corrected chi connectivity index (χ2v) is 6.68. The van der Waals surface area contributed by atoms with Gasteiger partial charge in [-0.15, -0.1) is 0 Å². The lowest BCUT2D eigenvalue weighted by molar-refractivity contribution is -0.153. The van der Waals surface area contributed by atoms with Gasteiger partial charge in [0.15, 0.2) is 0 Å². The summed E-state index contributed by atoms with van der Waals surface area (Å²) in [6.45, 7) is 4.89. The van der Waals surface area contributed by atoms with Crippen molar-refractivity contribution in [2.75, 3.05) is 50.8 Å². The van der Waals surface area contributed by atoms with Gasteiger partial charge in [0.1, 0.15) is 6.04 Å². The first-order valence-corrected chi connectivity index (χ1v) is 8.29. The second kappa shape index (κ2) is 5.71. The van der Waals surface area contributed by atoms with E-state index in [0.717, 1.165) is 39.0 Å². The van der Waals surface area contributed by atoms with Crippen LogP contribution in [0.5, 0.6) is 0 Å². The molecule has 0 aromatic carbocycles. The molecule has 2 amide bonds. The standard InChI is InChI=1S/C13H21N3O2S/c17-12-10-15(5-4-14-6-8-19-9-7-14)13(18)11-2-1-3-16(11)12/h11H,1-10H2. The van der Waals surface area contributed by atoms with Gasteiger partial charge in [-0.2, -0.15) is 11.8 Å². The fourth-order valence-corrected chi connectivity index (χ4v) is 4.12. The van der Waals surface area contributed by atoms with Gasteiger partial charge in [0.05, 0.1) is 6.54 Å². The maximum absolute atomic E-state index is 12.3. The molecular formula is C13H21N3O2S. The normalized spacial score (nSPS) is 28.9. The fourth-order valence-electron chi connectivity index (χ4n) is 3.14. The third-order valence-corrected chi connectivity index (χ3v) is 5.23. The van der Waals surface area contributed by atoms with Gasteiger partial charge in [0.25, 0.3) is 0 Å². The molecule has 5 nitrogen and oxygen atoms in total. The van der Waals surface area contributed by atoms with Crippen LogP contribution in [0.25, 0.3) is 0 Å². The second-order valence-electron chi connectivity index (χ2n) is 5.46. The molecule has 0 aliphatic carbocycles. The number of carbonyl (C=O) groups is 2. The number of rotatable bonds is 3. The predicted molar refractivity (Wildman–Crippen MR) is 75.1 cm³/mol. The number of thioether (sulfide) groups is 1. The molecule has 0 aromatic rings. The van der Waals surface area contributed by atoms with E-state index in [1.807, 2.05) is 11.8 Å². The lowest BCUT2D eigenvalue weighted by Gasteiger charge is -2.37. The van der Waals surface area contributed by atoms with Gasteiger partial charge in [-0.3, -0.25) is 14.5 Å². The van der Waals surface area contributed by atoms with Crippen molar-refractivity contribution in [3.05, 3.63) is 0 Å². The Hall–Kier alpha value is -0.750. The molecule has 3 aliphatic heterocycles. The summed E-state index contributed by atoms with van der Waals surface area (Å²) in [4.78, 5) is 30.3. The van der Waals surface area contributed by atoms with E-state index >= 15 is 0 Å². The predicted octanol–water partition coefficient (Wildman–Crippen LogP) is -0.132. The minimum atomic E-state index is -0.154. The molecule has 3 saturated heterocycles. The Bertz CT molecular complexity index is 371. The minimum Gasteiger partial charge on any atom is -0.330 e. The summed E-state index contributed by atoms with van der Waals surface area (Å²) in [6, 6.07) is -0.154. The average Bonchev–Trinajstić information content (AvgIpc) is 2.92. The number of hydrogen-bond acceptors (Lipinski definition) is 4. The summed E-state index contributed by atoms with van der Waals surface area (Å²) in [5, 5.41) is 0. The molecule has 19 heavy (non-hydrogen) atoms. The average molecular weight is 283 g/mol. The number of fused-ring (bicyclic) bond motifs is 1. The lowest BCUT2D eigenvalue weighted by Crippen LogP contribution is -2.58. The Kier molecular flexibility index (Phi) is 3.98. The van der Waals surface area contributed by atoms with E-state index in [1.54, 1.807) is 9.80 Å². The van der Waals surface area contributed by atoms with Crippen molar-refractivity contribution in [1.29, 1.82) is 0 Å². The Balaban J connectivity index is 1.55. The molecule has 6 heteroatoms. The van der Waals surface area contributed by atoms with E-state index in [4.69, 9.17) is 0 Å². The highest BCUT2D eigenvalue weighted by Crippen LogP contribution is 2.23. The summed E-state index contributed by atoms with van der Waals surface area (Å²) in [6.07, 6.45) is 1.82. The van der Waals surface area contributed by atoms with E-state index in [0.29, 0.717) is 6.54 Å². The van der Waals surface area contributed by atoms with Gasteiger partial charge in [-0.25, -0.2) is 0 Å². The molecule has 1 atom stereocenters. The first-order chi connectivity index (χ1) is 9.25. The van der Waals surface area contributed by atoms with Crippen molar-refractivity contribution in [3.63, 3.8) is 0 Å². The zero-order chi connectivity index (χ0) is 13.2. The Morgan fingerprint density at radius 1 is 1.11 bits per heavy atom. The zero-order valence-electron chi connectivity index (χ0n) is 11.2. The highest BCUT2D eigenvalue weighted by atomic mass is 32.2. The third kappa shape index (κ3) is 2.74. The van der Waals surface area contributed by atoms with E-state index in [1.165, 1.54) is 11.5 Å². The van der Waals surface area contributed by atoms with Crippen molar-refractivity contribution in [1.82, 2.24) is 14.7 Å². The van der Waals surface area contributed by atoms with Crippen LogP contribution in [0.4, 0.5) is 0 Å². The number of hydrogen-bond donors (Lipinski definition) is 0. The van der Waals surface area contributed by atoms with Gasteiger partial charge < -0.3 is 9.80 Å². The Labute approximate surface area is 118 Å². The van der Waals surface area contributed by atoms with Gasteiger partial charge in [0.2, 0.25) is 11.8 Å². The third-order valence-electron chi connectivity index (χ3n) is 4.29. The molecule has 106 valence electrons. The molecule has 3 fully saturated rings.